The smallest absolute Gasteiger partial charge is 0.422 e. The molecule has 34 heavy (non-hydrogen) atoms. The second-order valence-corrected chi connectivity index (χ2v) is 9.87. The largest absolute Gasteiger partial charge is 0.530 e. The van der Waals surface area contributed by atoms with Gasteiger partial charge in [-0.25, -0.2) is 0 Å². The average molecular weight is 487 g/mol. The van der Waals surface area contributed by atoms with Gasteiger partial charge < -0.3 is 24.4 Å². The van der Waals surface area contributed by atoms with Crippen molar-refractivity contribution in [2.45, 2.75) is 51.9 Å². The summed E-state index contributed by atoms with van der Waals surface area (Å²) in [6, 6.07) is 4.03. The lowest BCUT2D eigenvalue weighted by Crippen LogP contribution is -2.64. The lowest BCUT2D eigenvalue weighted by Gasteiger charge is -2.51. The van der Waals surface area contributed by atoms with Crippen LogP contribution in [0.2, 0.25) is 0 Å². The van der Waals surface area contributed by atoms with E-state index in [2.05, 4.69) is 4.90 Å². The van der Waals surface area contributed by atoms with Crippen molar-refractivity contribution >= 4 is 17.5 Å². The molecule has 1 aromatic carbocycles. The highest BCUT2D eigenvalue weighted by atomic mass is 19.4. The Kier molecular flexibility index (Phi) is 7.49. The number of carbonyl (C=O) groups is 1. The van der Waals surface area contributed by atoms with Crippen LogP contribution in [-0.2, 0) is 0 Å². The van der Waals surface area contributed by atoms with Crippen LogP contribution in [0, 0.1) is 15.5 Å². The number of anilines is 1. The maximum Gasteiger partial charge on any atom is 0.422 e. The molecule has 0 spiro atoms. The lowest BCUT2D eigenvalue weighted by molar-refractivity contribution is -0.386. The van der Waals surface area contributed by atoms with Crippen molar-refractivity contribution in [2.24, 2.45) is 5.41 Å². The number of carboxylic acid groups (broad SMARTS) is 1. The lowest BCUT2D eigenvalue weighted by atomic mass is 9.83. The monoisotopic (exact) mass is 487 g/mol. The van der Waals surface area contributed by atoms with E-state index in [0.29, 0.717) is 38.4 Å². The van der Waals surface area contributed by atoms with Gasteiger partial charge in [0, 0.05) is 62.6 Å². The fraction of sp³-hybridized carbons (Fsp3) is 0.682. The molecule has 0 saturated carbocycles. The second-order valence-electron chi connectivity index (χ2n) is 9.87. The highest BCUT2D eigenvalue weighted by molar-refractivity contribution is 5.63. The van der Waals surface area contributed by atoms with Gasteiger partial charge in [0.2, 0.25) is 0 Å². The predicted molar refractivity (Wildman–Crippen MR) is 117 cm³/mol. The van der Waals surface area contributed by atoms with Gasteiger partial charge in [0.15, 0.2) is 12.4 Å². The number of nitro benzene ring substituents is 1. The Morgan fingerprint density at radius 1 is 1.15 bits per heavy atom. The number of carbonyl (C=O) groups excluding carboxylic acids is 1. The molecule has 12 heteroatoms. The molecule has 0 bridgehead atoms. The summed E-state index contributed by atoms with van der Waals surface area (Å²) in [5.74, 6) is -0.409. The van der Waals surface area contributed by atoms with Gasteiger partial charge in [-0.3, -0.25) is 15.0 Å². The van der Waals surface area contributed by atoms with E-state index in [-0.39, 0.29) is 17.5 Å². The van der Waals surface area contributed by atoms with Crippen LogP contribution in [0.5, 0.6) is 5.75 Å². The molecule has 2 saturated heterocycles. The fourth-order valence-corrected chi connectivity index (χ4v) is 4.71. The Balaban J connectivity index is 1.66. The van der Waals surface area contributed by atoms with Crippen molar-refractivity contribution in [3.63, 3.8) is 0 Å². The third-order valence-electron chi connectivity index (χ3n) is 6.52. The Labute approximate surface area is 196 Å². The predicted octanol–water partition coefficient (Wildman–Crippen LogP) is 2.88. The van der Waals surface area contributed by atoms with Crippen LogP contribution in [0.15, 0.2) is 18.2 Å². The summed E-state index contributed by atoms with van der Waals surface area (Å²) in [4.78, 5) is 27.7. The van der Waals surface area contributed by atoms with Crippen LogP contribution in [0.1, 0.15) is 33.6 Å². The summed E-state index contributed by atoms with van der Waals surface area (Å²) in [5, 5.41) is 22.8. The van der Waals surface area contributed by atoms with E-state index in [0.717, 1.165) is 12.8 Å². The number of amides is 1. The van der Waals surface area contributed by atoms with Gasteiger partial charge in [0.1, 0.15) is 6.09 Å². The van der Waals surface area contributed by atoms with Crippen molar-refractivity contribution in [3.8, 4) is 5.75 Å². The minimum atomic E-state index is -4.60. The van der Waals surface area contributed by atoms with Gasteiger partial charge in [-0.2, -0.15) is 13.2 Å². The van der Waals surface area contributed by atoms with E-state index in [1.807, 2.05) is 25.7 Å². The molecular weight excluding hydrogens is 457 g/mol. The Morgan fingerprint density at radius 3 is 2.32 bits per heavy atom. The van der Waals surface area contributed by atoms with Gasteiger partial charge in [0.25, 0.3) is 0 Å². The normalized spacial score (nSPS) is 20.9. The summed E-state index contributed by atoms with van der Waals surface area (Å²) in [6.45, 7) is 7.24. The first-order chi connectivity index (χ1) is 15.8. The first-order valence-electron chi connectivity index (χ1n) is 11.2. The molecule has 2 aliphatic rings. The molecule has 2 heterocycles. The van der Waals surface area contributed by atoms with Crippen LogP contribution in [0.3, 0.4) is 0 Å². The van der Waals surface area contributed by atoms with Gasteiger partial charge in [-0.05, 0) is 24.3 Å². The molecule has 0 aromatic heterocycles. The number of piperidine rings is 1. The number of halogens is 3. The zero-order chi connectivity index (χ0) is 25.3. The molecule has 3 rings (SSSR count). The maximum atomic E-state index is 12.6. The number of nitrogens with zero attached hydrogens (tertiary/aromatic N) is 4. The number of piperazine rings is 1. The minimum Gasteiger partial charge on any atom is -0.530 e. The summed E-state index contributed by atoms with van der Waals surface area (Å²) >= 11 is 0. The average Bonchev–Trinajstić information content (AvgIpc) is 2.76. The Bertz CT molecular complexity index is 898. The van der Waals surface area contributed by atoms with Crippen molar-refractivity contribution < 1.29 is 32.7 Å². The standard InChI is InChI=1S/C22H31F3N4O5/c1-21(2,3)19-13-27(10-11-28(19)20(30)31)15-6-8-26(9-7-15)16-4-5-17(29(32)33)18(12-16)34-14-22(23,24)25/h4-5,12,15,19H,6-11,13-14H2,1-3H3,(H,30,31)/p-1. The topological polar surface area (TPSA) is 102 Å². The first kappa shape index (κ1) is 25.9. The van der Waals surface area contributed by atoms with Gasteiger partial charge in [-0.15, -0.1) is 0 Å². The molecule has 190 valence electrons. The van der Waals surface area contributed by atoms with Crippen molar-refractivity contribution in [1.82, 2.24) is 9.80 Å². The molecule has 9 nitrogen and oxygen atoms in total. The third kappa shape index (κ3) is 6.22. The number of ether oxygens (including phenoxy) is 1. The highest BCUT2D eigenvalue weighted by Crippen LogP contribution is 2.35. The van der Waals surface area contributed by atoms with E-state index in [1.54, 1.807) is 0 Å². The van der Waals surface area contributed by atoms with Gasteiger partial charge in [-0.1, -0.05) is 20.8 Å². The molecule has 0 N–H and O–H groups in total. The van der Waals surface area contributed by atoms with Crippen LogP contribution in [0.4, 0.5) is 29.3 Å². The Morgan fingerprint density at radius 2 is 1.79 bits per heavy atom. The molecule has 0 radical (unpaired) electrons. The van der Waals surface area contributed by atoms with Crippen molar-refractivity contribution in [2.75, 3.05) is 44.2 Å². The van der Waals surface area contributed by atoms with E-state index in [9.17, 15) is 33.2 Å². The molecule has 1 atom stereocenters. The third-order valence-corrected chi connectivity index (χ3v) is 6.52. The molecule has 2 aliphatic heterocycles. The summed E-state index contributed by atoms with van der Waals surface area (Å²) in [5.41, 5.74) is -0.192. The van der Waals surface area contributed by atoms with Crippen molar-refractivity contribution in [1.29, 1.82) is 0 Å². The quantitative estimate of drug-likeness (QED) is 0.465. The van der Waals surface area contributed by atoms with Crippen LogP contribution in [-0.4, -0.2) is 78.4 Å². The summed E-state index contributed by atoms with van der Waals surface area (Å²) in [6.07, 6.45) is -4.21. The van der Waals surface area contributed by atoms with Crippen LogP contribution < -0.4 is 14.7 Å². The van der Waals surface area contributed by atoms with Gasteiger partial charge >= 0.3 is 11.9 Å². The second kappa shape index (κ2) is 9.85. The molecule has 1 aromatic rings. The molecule has 1 amide bonds. The van der Waals surface area contributed by atoms with E-state index in [4.69, 9.17) is 4.74 Å². The van der Waals surface area contributed by atoms with Crippen molar-refractivity contribution in [3.05, 3.63) is 28.3 Å². The molecule has 2 fully saturated rings. The molecular formula is C22H30F3N4O5-. The Hall–Kier alpha value is -2.76. The number of alkyl halides is 3. The number of hydrogen-bond donors (Lipinski definition) is 0. The summed E-state index contributed by atoms with van der Waals surface area (Å²) < 4.78 is 42.4. The SMILES string of the molecule is CC(C)(C)C1CN(C2CCN(c3ccc([N+](=O)[O-])c(OCC(F)(F)F)c3)CC2)CCN1C(=O)[O-]. The maximum absolute atomic E-state index is 12.6. The van der Waals surface area contributed by atoms with E-state index < -0.39 is 35.2 Å². The van der Waals surface area contributed by atoms with E-state index >= 15 is 0 Å². The van der Waals surface area contributed by atoms with Crippen LogP contribution in [0.25, 0.3) is 0 Å². The molecule has 1 unspecified atom stereocenters. The number of hydrogen-bond acceptors (Lipinski definition) is 7. The minimum absolute atomic E-state index is 0.188. The highest BCUT2D eigenvalue weighted by Gasteiger charge is 2.38. The summed E-state index contributed by atoms with van der Waals surface area (Å²) in [7, 11) is 0. The van der Waals surface area contributed by atoms with Crippen LogP contribution >= 0.6 is 0 Å². The number of nitro groups is 1. The fourth-order valence-electron chi connectivity index (χ4n) is 4.71. The zero-order valence-corrected chi connectivity index (χ0v) is 19.5. The molecule has 0 aliphatic carbocycles. The number of rotatable bonds is 5. The first-order valence-corrected chi connectivity index (χ1v) is 11.2. The van der Waals surface area contributed by atoms with Gasteiger partial charge in [0.05, 0.1) is 4.92 Å². The zero-order valence-electron chi connectivity index (χ0n) is 19.5. The number of benzene rings is 1. The van der Waals surface area contributed by atoms with E-state index in [1.165, 1.54) is 23.1 Å².